The highest BCUT2D eigenvalue weighted by Gasteiger charge is 2.25. The topological polar surface area (TPSA) is 84.7 Å². The number of methoxy groups -OCH3 is 1. The molecule has 0 bridgehead atoms. The first-order chi connectivity index (χ1) is 9.02. The number of anilines is 1. The molecule has 2 rings (SSSR count). The van der Waals surface area contributed by atoms with E-state index >= 15 is 0 Å². The van der Waals surface area contributed by atoms with Gasteiger partial charge in [0.2, 0.25) is 5.91 Å². The van der Waals surface area contributed by atoms with Crippen LogP contribution in [0.5, 0.6) is 5.75 Å². The van der Waals surface area contributed by atoms with E-state index in [2.05, 4.69) is 5.32 Å². The molecule has 0 spiro atoms. The van der Waals surface area contributed by atoms with Gasteiger partial charge in [0.1, 0.15) is 5.75 Å². The summed E-state index contributed by atoms with van der Waals surface area (Å²) >= 11 is 5.92. The Balaban J connectivity index is 0.00000200. The Morgan fingerprint density at radius 2 is 2.20 bits per heavy atom. The van der Waals surface area contributed by atoms with Crippen LogP contribution in [0.2, 0.25) is 5.02 Å². The third-order valence-electron chi connectivity index (χ3n) is 2.87. The lowest BCUT2D eigenvalue weighted by Crippen LogP contribution is -2.50. The van der Waals surface area contributed by atoms with Gasteiger partial charge < -0.3 is 20.7 Å². The molecule has 6 nitrogen and oxygen atoms in total. The van der Waals surface area contributed by atoms with Crippen molar-refractivity contribution in [2.24, 2.45) is 0 Å². The highest BCUT2D eigenvalue weighted by atomic mass is 35.5. The predicted molar refractivity (Wildman–Crippen MR) is 78.6 cm³/mol. The van der Waals surface area contributed by atoms with E-state index in [-0.39, 0.29) is 35.8 Å². The molecule has 1 aromatic rings. The summed E-state index contributed by atoms with van der Waals surface area (Å²) in [4.78, 5) is 25.1. The summed E-state index contributed by atoms with van der Waals surface area (Å²) in [6.07, 6.45) is 0. The van der Waals surface area contributed by atoms with E-state index in [4.69, 9.17) is 22.1 Å². The number of rotatable bonds is 2. The van der Waals surface area contributed by atoms with Crippen molar-refractivity contribution in [3.8, 4) is 5.75 Å². The molecule has 8 heteroatoms. The van der Waals surface area contributed by atoms with Gasteiger partial charge in [0.05, 0.1) is 29.9 Å². The Kier molecular flexibility index (Phi) is 5.47. The maximum absolute atomic E-state index is 12.4. The van der Waals surface area contributed by atoms with E-state index in [1.165, 1.54) is 24.1 Å². The van der Waals surface area contributed by atoms with E-state index < -0.39 is 0 Å². The molecule has 2 amide bonds. The Hall–Kier alpha value is -1.66. The maximum Gasteiger partial charge on any atom is 0.258 e. The molecule has 0 atom stereocenters. The Morgan fingerprint density at radius 3 is 2.80 bits per heavy atom. The number of nitrogen functional groups attached to an aromatic ring is 1. The summed E-state index contributed by atoms with van der Waals surface area (Å²) in [5.41, 5.74) is 6.31. The summed E-state index contributed by atoms with van der Waals surface area (Å²) in [7, 11) is 1.45. The lowest BCUT2D eigenvalue weighted by molar-refractivity contribution is -0.123. The second-order valence-corrected chi connectivity index (χ2v) is 4.56. The number of carbonyl (C=O) groups is 2. The van der Waals surface area contributed by atoms with Gasteiger partial charge in [-0.3, -0.25) is 9.59 Å². The van der Waals surface area contributed by atoms with Gasteiger partial charge in [-0.15, -0.1) is 12.4 Å². The summed E-state index contributed by atoms with van der Waals surface area (Å²) in [5.74, 6) is -0.133. The van der Waals surface area contributed by atoms with E-state index in [0.29, 0.717) is 30.1 Å². The van der Waals surface area contributed by atoms with Crippen molar-refractivity contribution in [3.63, 3.8) is 0 Å². The monoisotopic (exact) mass is 319 g/mol. The number of benzene rings is 1. The first kappa shape index (κ1) is 16.4. The Bertz CT molecular complexity index is 537. The van der Waals surface area contributed by atoms with Crippen LogP contribution in [-0.2, 0) is 4.79 Å². The first-order valence-corrected chi connectivity index (χ1v) is 6.09. The molecule has 1 aromatic carbocycles. The van der Waals surface area contributed by atoms with Crippen molar-refractivity contribution in [2.75, 3.05) is 32.5 Å². The SMILES string of the molecule is COc1cc(N)c(Cl)cc1C(=O)N1CCNC(=O)C1.Cl. The van der Waals surface area contributed by atoms with Crippen LogP contribution in [0.4, 0.5) is 5.69 Å². The second kappa shape index (κ2) is 6.67. The van der Waals surface area contributed by atoms with Crippen LogP contribution in [0.25, 0.3) is 0 Å². The molecule has 0 aliphatic carbocycles. The minimum Gasteiger partial charge on any atom is -0.496 e. The molecule has 0 aromatic heterocycles. The van der Waals surface area contributed by atoms with E-state index in [9.17, 15) is 9.59 Å². The van der Waals surface area contributed by atoms with Gasteiger partial charge in [-0.2, -0.15) is 0 Å². The highest BCUT2D eigenvalue weighted by Crippen LogP contribution is 2.29. The fourth-order valence-corrected chi connectivity index (χ4v) is 2.05. The molecule has 0 saturated carbocycles. The Labute approximate surface area is 127 Å². The Morgan fingerprint density at radius 1 is 1.50 bits per heavy atom. The average molecular weight is 320 g/mol. The molecule has 110 valence electrons. The number of nitrogens with one attached hydrogen (secondary N) is 1. The lowest BCUT2D eigenvalue weighted by Gasteiger charge is -2.27. The largest absolute Gasteiger partial charge is 0.496 e. The van der Waals surface area contributed by atoms with Gasteiger partial charge >= 0.3 is 0 Å². The van der Waals surface area contributed by atoms with Crippen LogP contribution in [0.15, 0.2) is 12.1 Å². The summed E-state index contributed by atoms with van der Waals surface area (Å²) in [6, 6.07) is 2.96. The number of amides is 2. The zero-order chi connectivity index (χ0) is 14.0. The number of halogens is 2. The number of ether oxygens (including phenoxy) is 1. The molecule has 3 N–H and O–H groups in total. The van der Waals surface area contributed by atoms with Gasteiger partial charge in [-0.1, -0.05) is 11.6 Å². The fourth-order valence-electron chi connectivity index (χ4n) is 1.89. The van der Waals surface area contributed by atoms with E-state index in [0.717, 1.165) is 0 Å². The molecule has 1 aliphatic rings. The number of carbonyl (C=O) groups excluding carboxylic acids is 2. The summed E-state index contributed by atoms with van der Waals surface area (Å²) in [5, 5.41) is 2.94. The van der Waals surface area contributed by atoms with Crippen molar-refractivity contribution in [3.05, 3.63) is 22.7 Å². The predicted octanol–water partition coefficient (Wildman–Crippen LogP) is 0.925. The second-order valence-electron chi connectivity index (χ2n) is 4.15. The first-order valence-electron chi connectivity index (χ1n) is 5.72. The molecule has 20 heavy (non-hydrogen) atoms. The van der Waals surface area contributed by atoms with Crippen LogP contribution < -0.4 is 15.8 Å². The standard InChI is InChI=1S/C12H14ClN3O3.ClH/c1-19-10-5-9(14)8(13)4-7(10)12(18)16-3-2-15-11(17)6-16;/h4-5H,2-3,6,14H2,1H3,(H,15,17);1H. The number of nitrogens with two attached hydrogens (primary N) is 1. The number of hydrogen-bond acceptors (Lipinski definition) is 4. The zero-order valence-electron chi connectivity index (χ0n) is 10.8. The third kappa shape index (κ3) is 3.26. The smallest absolute Gasteiger partial charge is 0.258 e. The van der Waals surface area contributed by atoms with Crippen LogP contribution in [0.1, 0.15) is 10.4 Å². The van der Waals surface area contributed by atoms with Gasteiger partial charge in [-0.05, 0) is 6.07 Å². The number of piperazine rings is 1. The van der Waals surface area contributed by atoms with Gasteiger partial charge in [0.15, 0.2) is 0 Å². The van der Waals surface area contributed by atoms with Crippen LogP contribution in [-0.4, -0.2) is 43.5 Å². The lowest BCUT2D eigenvalue weighted by atomic mass is 10.1. The average Bonchev–Trinajstić information content (AvgIpc) is 2.40. The quantitative estimate of drug-likeness (QED) is 0.794. The molecule has 0 radical (unpaired) electrons. The van der Waals surface area contributed by atoms with Crippen molar-refractivity contribution in [2.45, 2.75) is 0 Å². The number of nitrogens with zero attached hydrogens (tertiary/aromatic N) is 1. The van der Waals surface area contributed by atoms with Crippen molar-refractivity contribution >= 4 is 41.5 Å². The summed E-state index contributed by atoms with van der Waals surface area (Å²) < 4.78 is 5.13. The van der Waals surface area contributed by atoms with Crippen molar-refractivity contribution in [1.82, 2.24) is 10.2 Å². The van der Waals surface area contributed by atoms with Gasteiger partial charge in [0, 0.05) is 19.2 Å². The fraction of sp³-hybridized carbons (Fsp3) is 0.333. The van der Waals surface area contributed by atoms with E-state index in [1.54, 1.807) is 0 Å². The van der Waals surface area contributed by atoms with Crippen molar-refractivity contribution in [1.29, 1.82) is 0 Å². The normalized spacial score (nSPS) is 14.3. The molecular formula is C12H15Cl2N3O3. The van der Waals surface area contributed by atoms with Crippen LogP contribution >= 0.6 is 24.0 Å². The molecule has 1 fully saturated rings. The molecular weight excluding hydrogens is 305 g/mol. The van der Waals surface area contributed by atoms with Crippen LogP contribution in [0.3, 0.4) is 0 Å². The molecule has 1 aliphatic heterocycles. The minimum absolute atomic E-state index is 0. The van der Waals surface area contributed by atoms with Crippen molar-refractivity contribution < 1.29 is 14.3 Å². The third-order valence-corrected chi connectivity index (χ3v) is 3.20. The highest BCUT2D eigenvalue weighted by molar-refractivity contribution is 6.33. The van der Waals surface area contributed by atoms with Crippen LogP contribution in [0, 0.1) is 0 Å². The molecule has 0 unspecified atom stereocenters. The maximum atomic E-state index is 12.4. The van der Waals surface area contributed by atoms with Gasteiger partial charge in [0.25, 0.3) is 5.91 Å². The molecule has 1 heterocycles. The van der Waals surface area contributed by atoms with E-state index in [1.807, 2.05) is 0 Å². The van der Waals surface area contributed by atoms with Gasteiger partial charge in [-0.25, -0.2) is 0 Å². The zero-order valence-corrected chi connectivity index (χ0v) is 12.4. The number of hydrogen-bond donors (Lipinski definition) is 2. The molecule has 1 saturated heterocycles. The summed E-state index contributed by atoms with van der Waals surface area (Å²) in [6.45, 7) is 0.926. The minimum atomic E-state index is -0.298.